The van der Waals surface area contributed by atoms with Crippen LogP contribution in [0.1, 0.15) is 79.1 Å². The Morgan fingerprint density at radius 1 is 1.03 bits per heavy atom. The van der Waals surface area contributed by atoms with Crippen LogP contribution in [0, 0.1) is 5.92 Å². The van der Waals surface area contributed by atoms with Crippen LogP contribution in [0.3, 0.4) is 0 Å². The second kappa shape index (κ2) is 15.5. The molecule has 0 aromatic heterocycles. The Labute approximate surface area is 222 Å². The van der Waals surface area contributed by atoms with Gasteiger partial charge in [-0.15, -0.1) is 0 Å². The Morgan fingerprint density at radius 2 is 1.65 bits per heavy atom. The van der Waals surface area contributed by atoms with Gasteiger partial charge in [0.05, 0.1) is 11.0 Å². The number of hydrogen-bond donors (Lipinski definition) is 2. The SMILES string of the molecule is CCCCCC=CCC1(O)C=C(Cl)C(=O)C1C(OC(C)=O)C(OC(C)=O)C(CCCC(=O)O)OC(C)=O. The van der Waals surface area contributed by atoms with E-state index in [2.05, 4.69) is 6.92 Å². The molecule has 0 radical (unpaired) electrons. The standard InChI is InChI=1S/C26H37ClO10/c1-5-6-7-8-9-10-14-26(34)15-19(27)23(33)22(26)25(37-18(4)30)24(36-17(3)29)20(35-16(2)28)12-11-13-21(31)32/h9-10,15,20,22,24-25,34H,5-8,11-14H2,1-4H3,(H,31,32). The number of unbranched alkanes of at least 4 members (excludes halogenated alkanes) is 3. The third-order valence-corrected chi connectivity index (χ3v) is 6.13. The van der Waals surface area contributed by atoms with E-state index in [0.29, 0.717) is 0 Å². The van der Waals surface area contributed by atoms with Gasteiger partial charge < -0.3 is 24.4 Å². The third-order valence-electron chi connectivity index (χ3n) is 5.84. The van der Waals surface area contributed by atoms with Crippen molar-refractivity contribution in [2.24, 2.45) is 5.92 Å². The van der Waals surface area contributed by atoms with Crippen LogP contribution < -0.4 is 0 Å². The summed E-state index contributed by atoms with van der Waals surface area (Å²) in [6, 6.07) is 0. The topological polar surface area (TPSA) is 154 Å². The van der Waals surface area contributed by atoms with Crippen molar-refractivity contribution in [2.45, 2.75) is 103 Å². The van der Waals surface area contributed by atoms with Crippen molar-refractivity contribution in [3.05, 3.63) is 23.3 Å². The molecule has 5 unspecified atom stereocenters. The van der Waals surface area contributed by atoms with Gasteiger partial charge >= 0.3 is 23.9 Å². The number of carboxylic acids is 1. The summed E-state index contributed by atoms with van der Waals surface area (Å²) >= 11 is 6.13. The molecule has 2 N–H and O–H groups in total. The first-order valence-corrected chi connectivity index (χ1v) is 12.7. The van der Waals surface area contributed by atoms with Gasteiger partial charge in [-0.3, -0.25) is 24.0 Å². The van der Waals surface area contributed by atoms with Gasteiger partial charge in [-0.1, -0.05) is 43.5 Å². The minimum Gasteiger partial charge on any atom is -0.481 e. The first kappa shape index (κ1) is 32.3. The lowest BCUT2D eigenvalue weighted by Crippen LogP contribution is -2.55. The van der Waals surface area contributed by atoms with Crippen LogP contribution in [-0.4, -0.2) is 63.8 Å². The average Bonchev–Trinajstić information content (AvgIpc) is 2.99. The molecule has 0 aromatic rings. The largest absolute Gasteiger partial charge is 0.481 e. The van der Waals surface area contributed by atoms with E-state index < -0.39 is 59.5 Å². The number of rotatable bonds is 16. The first-order valence-electron chi connectivity index (χ1n) is 12.4. The molecular weight excluding hydrogens is 508 g/mol. The molecule has 1 aliphatic rings. The summed E-state index contributed by atoms with van der Waals surface area (Å²) in [6.07, 6.45) is 3.78. The minimum atomic E-state index is -1.89. The van der Waals surface area contributed by atoms with Crippen molar-refractivity contribution in [1.82, 2.24) is 0 Å². The number of allylic oxidation sites excluding steroid dienone is 2. The molecule has 0 aromatic carbocycles. The minimum absolute atomic E-state index is 0.0280. The van der Waals surface area contributed by atoms with E-state index in [9.17, 15) is 29.1 Å². The zero-order chi connectivity index (χ0) is 28.2. The van der Waals surface area contributed by atoms with Crippen molar-refractivity contribution in [3.8, 4) is 0 Å². The van der Waals surface area contributed by atoms with Crippen LogP contribution in [0.4, 0.5) is 0 Å². The van der Waals surface area contributed by atoms with Crippen LogP contribution in [0.5, 0.6) is 0 Å². The monoisotopic (exact) mass is 544 g/mol. The lowest BCUT2D eigenvalue weighted by molar-refractivity contribution is -0.194. The van der Waals surface area contributed by atoms with Crippen LogP contribution in [0.25, 0.3) is 0 Å². The molecule has 0 bridgehead atoms. The number of esters is 3. The summed E-state index contributed by atoms with van der Waals surface area (Å²) in [5.74, 6) is -5.75. The Morgan fingerprint density at radius 3 is 2.19 bits per heavy atom. The van der Waals surface area contributed by atoms with E-state index >= 15 is 0 Å². The smallest absolute Gasteiger partial charge is 0.303 e. The van der Waals surface area contributed by atoms with Gasteiger partial charge in [0, 0.05) is 27.2 Å². The maximum absolute atomic E-state index is 13.2. The van der Waals surface area contributed by atoms with Gasteiger partial charge in [0.1, 0.15) is 11.7 Å². The Hall–Kier alpha value is -2.72. The van der Waals surface area contributed by atoms with E-state index in [1.54, 1.807) is 6.08 Å². The van der Waals surface area contributed by atoms with E-state index in [1.807, 2.05) is 6.08 Å². The highest BCUT2D eigenvalue weighted by molar-refractivity contribution is 6.44. The van der Waals surface area contributed by atoms with E-state index in [-0.39, 0.29) is 30.7 Å². The highest BCUT2D eigenvalue weighted by Crippen LogP contribution is 2.41. The molecule has 37 heavy (non-hydrogen) atoms. The summed E-state index contributed by atoms with van der Waals surface area (Å²) in [5, 5.41) is 20.3. The summed E-state index contributed by atoms with van der Waals surface area (Å²) in [5.41, 5.74) is -1.89. The zero-order valence-electron chi connectivity index (χ0n) is 21.7. The Kier molecular flexibility index (Phi) is 13.5. The number of aliphatic carboxylic acids is 1. The van der Waals surface area contributed by atoms with Crippen molar-refractivity contribution in [1.29, 1.82) is 0 Å². The molecule has 11 heteroatoms. The molecule has 0 saturated heterocycles. The van der Waals surface area contributed by atoms with Gasteiger partial charge in [-0.05, 0) is 38.2 Å². The highest BCUT2D eigenvalue weighted by Gasteiger charge is 2.56. The molecule has 5 atom stereocenters. The van der Waals surface area contributed by atoms with Crippen LogP contribution >= 0.6 is 11.6 Å². The number of carboxylic acid groups (broad SMARTS) is 1. The van der Waals surface area contributed by atoms with Gasteiger partial charge in [0.2, 0.25) is 0 Å². The van der Waals surface area contributed by atoms with Crippen LogP contribution in [-0.2, 0) is 38.2 Å². The first-order chi connectivity index (χ1) is 17.3. The molecule has 0 amide bonds. The Balaban J connectivity index is 3.45. The van der Waals surface area contributed by atoms with E-state index in [0.717, 1.165) is 46.5 Å². The zero-order valence-corrected chi connectivity index (χ0v) is 22.5. The molecule has 0 fully saturated rings. The van der Waals surface area contributed by atoms with Crippen LogP contribution in [0.15, 0.2) is 23.3 Å². The van der Waals surface area contributed by atoms with Crippen molar-refractivity contribution < 1.29 is 48.4 Å². The molecular formula is C26H37ClO10. The number of carbonyl (C=O) groups is 5. The molecule has 10 nitrogen and oxygen atoms in total. The lowest BCUT2D eigenvalue weighted by atomic mass is 9.79. The molecule has 0 aliphatic heterocycles. The number of aliphatic hydroxyl groups is 1. The summed E-state index contributed by atoms with van der Waals surface area (Å²) in [7, 11) is 0. The van der Waals surface area contributed by atoms with Gasteiger partial charge in [-0.2, -0.15) is 0 Å². The normalized spacial score (nSPS) is 21.7. The predicted octanol–water partition coefficient (Wildman–Crippen LogP) is 3.62. The molecule has 1 aliphatic carbocycles. The summed E-state index contributed by atoms with van der Waals surface area (Å²) < 4.78 is 16.2. The molecule has 0 heterocycles. The fourth-order valence-corrected chi connectivity index (χ4v) is 4.60. The van der Waals surface area contributed by atoms with Gasteiger partial charge in [0.15, 0.2) is 18.0 Å². The predicted molar refractivity (Wildman–Crippen MR) is 133 cm³/mol. The van der Waals surface area contributed by atoms with Crippen molar-refractivity contribution in [3.63, 3.8) is 0 Å². The molecule has 0 saturated carbocycles. The quantitative estimate of drug-likeness (QED) is 0.127. The van der Waals surface area contributed by atoms with Crippen LogP contribution in [0.2, 0.25) is 0 Å². The number of carbonyl (C=O) groups excluding carboxylic acids is 4. The molecule has 0 spiro atoms. The fraction of sp³-hybridized carbons (Fsp3) is 0.654. The molecule has 1 rings (SSSR count). The summed E-state index contributed by atoms with van der Waals surface area (Å²) in [4.78, 5) is 60.2. The number of ether oxygens (including phenoxy) is 3. The van der Waals surface area contributed by atoms with E-state index in [4.69, 9.17) is 30.9 Å². The Bertz CT molecular complexity index is 896. The van der Waals surface area contributed by atoms with Gasteiger partial charge in [-0.25, -0.2) is 0 Å². The third kappa shape index (κ3) is 10.7. The average molecular weight is 545 g/mol. The lowest BCUT2D eigenvalue weighted by Gasteiger charge is -2.39. The second-order valence-electron chi connectivity index (χ2n) is 9.08. The number of hydrogen-bond acceptors (Lipinski definition) is 9. The number of Topliss-reactive ketones (excluding diaryl/α,β-unsaturated/α-hetero) is 1. The van der Waals surface area contributed by atoms with E-state index in [1.165, 1.54) is 6.08 Å². The fourth-order valence-electron chi connectivity index (χ4n) is 4.30. The van der Waals surface area contributed by atoms with Crippen molar-refractivity contribution >= 4 is 41.3 Å². The highest BCUT2D eigenvalue weighted by atomic mass is 35.5. The van der Waals surface area contributed by atoms with Gasteiger partial charge in [0.25, 0.3) is 0 Å². The van der Waals surface area contributed by atoms with Crippen molar-refractivity contribution in [2.75, 3.05) is 0 Å². The number of ketones is 1. The second-order valence-corrected chi connectivity index (χ2v) is 9.49. The number of halogens is 1. The maximum Gasteiger partial charge on any atom is 0.303 e. The maximum atomic E-state index is 13.2. The summed E-state index contributed by atoms with van der Waals surface area (Å²) in [6.45, 7) is 5.33. The molecule has 208 valence electrons.